The number of amides is 1. The van der Waals surface area contributed by atoms with E-state index in [1.165, 1.54) is 23.5 Å². The number of thiazole rings is 1. The molecule has 1 aliphatic heterocycles. The zero-order valence-electron chi connectivity index (χ0n) is 17.1. The first kappa shape index (κ1) is 21.9. The molecule has 1 amide bonds. The molecule has 9 heteroatoms. The molecule has 1 saturated heterocycles. The molecule has 0 N–H and O–H groups in total. The fourth-order valence-electron chi connectivity index (χ4n) is 3.58. The summed E-state index contributed by atoms with van der Waals surface area (Å²) in [5.41, 5.74) is 1.86. The summed E-state index contributed by atoms with van der Waals surface area (Å²) < 4.78 is 45.0. The van der Waals surface area contributed by atoms with E-state index in [0.717, 1.165) is 40.8 Å². The molecule has 1 aliphatic rings. The van der Waals surface area contributed by atoms with Crippen molar-refractivity contribution < 1.29 is 22.3 Å². The van der Waals surface area contributed by atoms with Crippen LogP contribution in [0.5, 0.6) is 0 Å². The smallest absolute Gasteiger partial charge is 0.229 e. The number of ether oxygens (including phenoxy) is 1. The number of carbonyl (C=O) groups is 1. The van der Waals surface area contributed by atoms with Gasteiger partial charge < -0.3 is 4.74 Å². The third-order valence-electron chi connectivity index (χ3n) is 5.31. The second kappa shape index (κ2) is 9.02. The van der Waals surface area contributed by atoms with Gasteiger partial charge in [0.05, 0.1) is 33.5 Å². The molecule has 0 saturated carbocycles. The Balaban J connectivity index is 1.56. The van der Waals surface area contributed by atoms with E-state index >= 15 is 0 Å². The molecule has 0 spiro atoms. The highest BCUT2D eigenvalue weighted by Crippen LogP contribution is 2.32. The number of aromatic nitrogens is 1. The number of para-hydroxylation sites is 1. The Hall–Kier alpha value is -2.36. The molecular weight excluding hydrogens is 439 g/mol. The van der Waals surface area contributed by atoms with Crippen LogP contribution in [0.3, 0.4) is 0 Å². The number of anilines is 1. The lowest BCUT2D eigenvalue weighted by Gasteiger charge is -2.23. The van der Waals surface area contributed by atoms with E-state index in [0.29, 0.717) is 18.3 Å². The van der Waals surface area contributed by atoms with E-state index in [2.05, 4.69) is 4.98 Å². The molecule has 31 heavy (non-hydrogen) atoms. The van der Waals surface area contributed by atoms with E-state index in [-0.39, 0.29) is 29.1 Å². The summed E-state index contributed by atoms with van der Waals surface area (Å²) in [7, 11) is -3.71. The number of rotatable bonds is 7. The Bertz CT molecular complexity index is 1190. The van der Waals surface area contributed by atoms with Gasteiger partial charge in [-0.05, 0) is 55.7 Å². The van der Waals surface area contributed by atoms with Gasteiger partial charge in [0.1, 0.15) is 5.82 Å². The Morgan fingerprint density at radius 1 is 1.26 bits per heavy atom. The van der Waals surface area contributed by atoms with Crippen molar-refractivity contribution >= 4 is 42.4 Å². The summed E-state index contributed by atoms with van der Waals surface area (Å²) in [5, 5.41) is 0.545. The monoisotopic (exact) mass is 462 g/mol. The number of hydrogen-bond donors (Lipinski definition) is 0. The average molecular weight is 463 g/mol. The zero-order chi connectivity index (χ0) is 22.0. The van der Waals surface area contributed by atoms with Gasteiger partial charge in [0.15, 0.2) is 15.0 Å². The summed E-state index contributed by atoms with van der Waals surface area (Å²) in [6.07, 6.45) is 1.50. The van der Waals surface area contributed by atoms with Crippen molar-refractivity contribution in [1.82, 2.24) is 4.98 Å². The molecule has 1 atom stereocenters. The standard InChI is InChI=1S/C22H23FN2O4S2/c1-15-4-2-6-19-21(15)24-22(30-19)25(14-17-5-3-12-29-17)20(26)11-13-31(27,28)18-9-7-16(23)8-10-18/h2,4,6-10,17H,3,5,11-14H2,1H3. The molecule has 6 nitrogen and oxygen atoms in total. The van der Waals surface area contributed by atoms with Crippen LogP contribution in [0.1, 0.15) is 24.8 Å². The summed E-state index contributed by atoms with van der Waals surface area (Å²) >= 11 is 1.41. The molecule has 1 aromatic heterocycles. The lowest BCUT2D eigenvalue weighted by Crippen LogP contribution is -2.38. The fourth-order valence-corrected chi connectivity index (χ4v) is 5.88. The topological polar surface area (TPSA) is 76.6 Å². The molecule has 2 heterocycles. The first-order valence-corrected chi connectivity index (χ1v) is 12.6. The van der Waals surface area contributed by atoms with Crippen molar-refractivity contribution in [3.63, 3.8) is 0 Å². The minimum absolute atomic E-state index is 0.00277. The number of nitrogens with zero attached hydrogens (tertiary/aromatic N) is 2. The number of aryl methyl sites for hydroxylation is 1. The van der Waals surface area contributed by atoms with Gasteiger partial charge in [-0.1, -0.05) is 23.5 Å². The van der Waals surface area contributed by atoms with Crippen molar-refractivity contribution in [2.75, 3.05) is 23.8 Å². The molecule has 0 aliphatic carbocycles. The average Bonchev–Trinajstić information content (AvgIpc) is 3.41. The lowest BCUT2D eigenvalue weighted by molar-refractivity contribution is -0.118. The fraction of sp³-hybridized carbons (Fsp3) is 0.364. The maximum atomic E-state index is 13.1. The predicted molar refractivity (Wildman–Crippen MR) is 119 cm³/mol. The van der Waals surface area contributed by atoms with E-state index in [4.69, 9.17) is 4.74 Å². The van der Waals surface area contributed by atoms with Crippen molar-refractivity contribution in [3.05, 3.63) is 53.8 Å². The zero-order valence-corrected chi connectivity index (χ0v) is 18.7. The van der Waals surface area contributed by atoms with Gasteiger partial charge in [-0.3, -0.25) is 9.69 Å². The molecule has 0 radical (unpaired) electrons. The number of carbonyl (C=O) groups excluding carboxylic acids is 1. The number of halogens is 1. The Morgan fingerprint density at radius 3 is 2.71 bits per heavy atom. The van der Waals surface area contributed by atoms with Crippen molar-refractivity contribution in [2.45, 2.75) is 37.2 Å². The first-order chi connectivity index (χ1) is 14.8. The van der Waals surface area contributed by atoms with Gasteiger partial charge in [0.2, 0.25) is 5.91 Å². The molecular formula is C22H23FN2O4S2. The third-order valence-corrected chi connectivity index (χ3v) is 8.08. The van der Waals surface area contributed by atoms with Gasteiger partial charge >= 0.3 is 0 Å². The SMILES string of the molecule is Cc1cccc2sc(N(CC3CCCO3)C(=O)CCS(=O)(=O)c3ccc(F)cc3)nc12. The molecule has 164 valence electrons. The Morgan fingerprint density at radius 2 is 2.03 bits per heavy atom. The van der Waals surface area contributed by atoms with Gasteiger partial charge in [-0.25, -0.2) is 17.8 Å². The Kier molecular flexibility index (Phi) is 6.36. The van der Waals surface area contributed by atoms with E-state index < -0.39 is 15.7 Å². The second-order valence-electron chi connectivity index (χ2n) is 7.58. The van der Waals surface area contributed by atoms with Gasteiger partial charge in [0, 0.05) is 13.0 Å². The molecule has 1 fully saturated rings. The molecule has 2 aromatic carbocycles. The summed E-state index contributed by atoms with van der Waals surface area (Å²) in [6, 6.07) is 10.5. The van der Waals surface area contributed by atoms with Crippen LogP contribution in [0, 0.1) is 12.7 Å². The van der Waals surface area contributed by atoms with Crippen molar-refractivity contribution in [3.8, 4) is 0 Å². The van der Waals surface area contributed by atoms with Crippen LogP contribution in [0.2, 0.25) is 0 Å². The minimum Gasteiger partial charge on any atom is -0.376 e. The van der Waals surface area contributed by atoms with Crippen molar-refractivity contribution in [2.24, 2.45) is 0 Å². The normalized spacial score (nSPS) is 16.6. The van der Waals surface area contributed by atoms with E-state index in [1.807, 2.05) is 25.1 Å². The van der Waals surface area contributed by atoms with E-state index in [9.17, 15) is 17.6 Å². The molecule has 0 bridgehead atoms. The lowest BCUT2D eigenvalue weighted by atomic mass is 10.2. The van der Waals surface area contributed by atoms with Crippen LogP contribution in [-0.2, 0) is 19.4 Å². The predicted octanol–water partition coefficient (Wildman–Crippen LogP) is 4.12. The highest BCUT2D eigenvalue weighted by Gasteiger charge is 2.27. The van der Waals surface area contributed by atoms with Crippen LogP contribution in [0.15, 0.2) is 47.4 Å². The first-order valence-electron chi connectivity index (χ1n) is 10.1. The van der Waals surface area contributed by atoms with Gasteiger partial charge in [-0.2, -0.15) is 0 Å². The van der Waals surface area contributed by atoms with Crippen molar-refractivity contribution in [1.29, 1.82) is 0 Å². The second-order valence-corrected chi connectivity index (χ2v) is 10.7. The summed E-state index contributed by atoms with van der Waals surface area (Å²) in [6.45, 7) is 2.96. The number of sulfone groups is 1. The Labute approximate surface area is 184 Å². The maximum Gasteiger partial charge on any atom is 0.229 e. The van der Waals surface area contributed by atoms with Crippen LogP contribution in [0.25, 0.3) is 10.2 Å². The van der Waals surface area contributed by atoms with Crippen LogP contribution < -0.4 is 4.90 Å². The highest BCUT2D eigenvalue weighted by molar-refractivity contribution is 7.91. The third kappa shape index (κ3) is 4.94. The van der Waals surface area contributed by atoms with Gasteiger partial charge in [0.25, 0.3) is 0 Å². The molecule has 3 aromatic rings. The maximum absolute atomic E-state index is 13.1. The van der Waals surface area contributed by atoms with Gasteiger partial charge in [-0.15, -0.1) is 0 Å². The molecule has 1 unspecified atom stereocenters. The number of fused-ring (bicyclic) bond motifs is 1. The summed E-state index contributed by atoms with van der Waals surface area (Å²) in [5.74, 6) is -1.19. The van der Waals surface area contributed by atoms with E-state index in [1.54, 1.807) is 4.90 Å². The number of benzene rings is 2. The highest BCUT2D eigenvalue weighted by atomic mass is 32.2. The van der Waals surface area contributed by atoms with Crippen LogP contribution in [-0.4, -0.2) is 44.3 Å². The molecule has 4 rings (SSSR count). The number of hydrogen-bond acceptors (Lipinski definition) is 6. The minimum atomic E-state index is -3.71. The quantitative estimate of drug-likeness (QED) is 0.494. The van der Waals surface area contributed by atoms with Crippen LogP contribution in [0.4, 0.5) is 9.52 Å². The largest absolute Gasteiger partial charge is 0.376 e. The van der Waals surface area contributed by atoms with Crippen LogP contribution >= 0.6 is 11.3 Å². The summed E-state index contributed by atoms with van der Waals surface area (Å²) in [4.78, 5) is 19.4.